The fourth-order valence-electron chi connectivity index (χ4n) is 4.01. The second kappa shape index (κ2) is 8.53. The van der Waals surface area contributed by atoms with Crippen molar-refractivity contribution in [1.82, 2.24) is 4.90 Å². The number of methoxy groups -OCH3 is 1. The van der Waals surface area contributed by atoms with Crippen molar-refractivity contribution in [2.75, 3.05) is 37.0 Å². The first-order chi connectivity index (χ1) is 15.3. The minimum absolute atomic E-state index is 0.0871. The van der Waals surface area contributed by atoms with Crippen LogP contribution in [0.1, 0.15) is 37.0 Å². The molecule has 3 amide bonds. The van der Waals surface area contributed by atoms with Crippen molar-refractivity contribution in [1.29, 1.82) is 0 Å². The number of benzene rings is 2. The zero-order chi connectivity index (χ0) is 22.9. The van der Waals surface area contributed by atoms with Crippen LogP contribution in [0.5, 0.6) is 11.5 Å². The van der Waals surface area contributed by atoms with Gasteiger partial charge in [-0.1, -0.05) is 12.1 Å². The van der Waals surface area contributed by atoms with E-state index in [9.17, 15) is 14.4 Å². The normalized spacial score (nSPS) is 16.9. The summed E-state index contributed by atoms with van der Waals surface area (Å²) < 4.78 is 11.2. The minimum Gasteiger partial charge on any atom is -0.495 e. The number of amides is 3. The third-order valence-electron chi connectivity index (χ3n) is 5.74. The Morgan fingerprint density at radius 1 is 1.12 bits per heavy atom. The lowest BCUT2D eigenvalue weighted by Crippen LogP contribution is -2.55. The zero-order valence-electron chi connectivity index (χ0n) is 18.5. The second-order valence-corrected chi connectivity index (χ2v) is 8.43. The first-order valence-electron chi connectivity index (χ1n) is 10.7. The lowest BCUT2D eigenvalue weighted by atomic mass is 10.0. The SMILES string of the molecule is COc1ccccc1NC(=O)c1ccc2c(c1)N(CC(=O)N1CCCC1)C(=O)C(C)(C)O2. The van der Waals surface area contributed by atoms with Gasteiger partial charge in [-0.05, 0) is 57.0 Å². The molecule has 2 aromatic rings. The summed E-state index contributed by atoms with van der Waals surface area (Å²) in [7, 11) is 1.53. The average molecular weight is 437 g/mol. The van der Waals surface area contributed by atoms with E-state index in [0.717, 1.165) is 12.8 Å². The number of nitrogens with one attached hydrogen (secondary N) is 1. The second-order valence-electron chi connectivity index (χ2n) is 8.43. The number of anilines is 2. The van der Waals surface area contributed by atoms with Gasteiger partial charge in [-0.25, -0.2) is 0 Å². The Morgan fingerprint density at radius 2 is 1.84 bits per heavy atom. The summed E-state index contributed by atoms with van der Waals surface area (Å²) in [5.41, 5.74) is 0.172. The van der Waals surface area contributed by atoms with E-state index in [1.807, 2.05) is 6.07 Å². The minimum atomic E-state index is -1.11. The molecule has 0 radical (unpaired) electrons. The first-order valence-corrected chi connectivity index (χ1v) is 10.7. The Labute approximate surface area is 187 Å². The van der Waals surface area contributed by atoms with Crippen LogP contribution in [0.25, 0.3) is 0 Å². The summed E-state index contributed by atoms with van der Waals surface area (Å²) >= 11 is 0. The Balaban J connectivity index is 1.63. The van der Waals surface area contributed by atoms with Gasteiger partial charge >= 0.3 is 0 Å². The van der Waals surface area contributed by atoms with Crippen LogP contribution in [-0.4, -0.2) is 55.0 Å². The molecule has 2 aromatic carbocycles. The van der Waals surface area contributed by atoms with Crippen LogP contribution >= 0.6 is 0 Å². The van der Waals surface area contributed by atoms with Crippen LogP contribution in [0.15, 0.2) is 42.5 Å². The number of carbonyl (C=O) groups excluding carboxylic acids is 3. The highest BCUT2D eigenvalue weighted by Crippen LogP contribution is 2.38. The Bertz CT molecular complexity index is 1060. The van der Waals surface area contributed by atoms with Gasteiger partial charge in [0.1, 0.15) is 18.0 Å². The molecule has 2 heterocycles. The maximum atomic E-state index is 13.1. The standard InChI is InChI=1S/C24H27N3O5/c1-24(2)23(30)27(15-21(28)26-12-6-7-13-26)18-14-16(10-11-20(18)32-24)22(29)25-17-8-4-5-9-19(17)31-3/h4-5,8-11,14H,6-7,12-13,15H2,1-3H3,(H,25,29). The summed E-state index contributed by atoms with van der Waals surface area (Å²) in [6.07, 6.45) is 1.94. The van der Waals surface area contributed by atoms with E-state index in [1.165, 1.54) is 12.0 Å². The lowest BCUT2D eigenvalue weighted by Gasteiger charge is -2.39. The number of para-hydroxylation sites is 2. The maximum Gasteiger partial charge on any atom is 0.271 e. The van der Waals surface area contributed by atoms with E-state index in [4.69, 9.17) is 9.47 Å². The van der Waals surface area contributed by atoms with Crippen molar-refractivity contribution in [3.05, 3.63) is 48.0 Å². The molecule has 168 valence electrons. The van der Waals surface area contributed by atoms with Crippen LogP contribution in [0.4, 0.5) is 11.4 Å². The first kappa shape index (κ1) is 21.7. The fourth-order valence-corrected chi connectivity index (χ4v) is 4.01. The molecule has 1 N–H and O–H groups in total. The number of ether oxygens (including phenoxy) is 2. The van der Waals surface area contributed by atoms with Gasteiger partial charge in [-0.2, -0.15) is 0 Å². The molecule has 0 unspecified atom stereocenters. The largest absolute Gasteiger partial charge is 0.495 e. The molecular formula is C24H27N3O5. The van der Waals surface area contributed by atoms with Crippen LogP contribution in [0.3, 0.4) is 0 Å². The maximum absolute atomic E-state index is 13.1. The molecule has 0 atom stereocenters. The molecule has 1 fully saturated rings. The number of rotatable bonds is 5. The number of carbonyl (C=O) groups is 3. The van der Waals surface area contributed by atoms with Crippen molar-refractivity contribution in [2.45, 2.75) is 32.3 Å². The highest BCUT2D eigenvalue weighted by Gasteiger charge is 2.42. The number of nitrogens with zero attached hydrogens (tertiary/aromatic N) is 2. The third-order valence-corrected chi connectivity index (χ3v) is 5.74. The van der Waals surface area contributed by atoms with Gasteiger partial charge in [0.25, 0.3) is 11.8 Å². The molecule has 8 heteroatoms. The highest BCUT2D eigenvalue weighted by molar-refractivity contribution is 6.09. The predicted molar refractivity (Wildman–Crippen MR) is 120 cm³/mol. The number of likely N-dealkylation sites (tertiary alicyclic amines) is 1. The van der Waals surface area contributed by atoms with Crippen molar-refractivity contribution in [3.8, 4) is 11.5 Å². The van der Waals surface area contributed by atoms with Crippen LogP contribution in [-0.2, 0) is 9.59 Å². The lowest BCUT2D eigenvalue weighted by molar-refractivity contribution is -0.136. The fraction of sp³-hybridized carbons (Fsp3) is 0.375. The molecule has 0 bridgehead atoms. The van der Waals surface area contributed by atoms with Crippen molar-refractivity contribution >= 4 is 29.1 Å². The van der Waals surface area contributed by atoms with Gasteiger partial charge in [-0.3, -0.25) is 19.3 Å². The van der Waals surface area contributed by atoms with Crippen LogP contribution in [0, 0.1) is 0 Å². The van der Waals surface area contributed by atoms with E-state index in [1.54, 1.807) is 55.1 Å². The Morgan fingerprint density at radius 3 is 2.56 bits per heavy atom. The summed E-state index contributed by atoms with van der Waals surface area (Å²) in [5.74, 6) is 0.207. The van der Waals surface area contributed by atoms with E-state index in [2.05, 4.69) is 5.32 Å². The molecule has 0 saturated carbocycles. The van der Waals surface area contributed by atoms with E-state index >= 15 is 0 Å². The Kier molecular flexibility index (Phi) is 5.78. The third kappa shape index (κ3) is 4.12. The summed E-state index contributed by atoms with van der Waals surface area (Å²) in [5, 5.41) is 2.83. The quantitative estimate of drug-likeness (QED) is 0.777. The van der Waals surface area contributed by atoms with Crippen molar-refractivity contribution < 1.29 is 23.9 Å². The predicted octanol–water partition coefficient (Wildman–Crippen LogP) is 3.07. The molecule has 0 aliphatic carbocycles. The monoisotopic (exact) mass is 437 g/mol. The van der Waals surface area contributed by atoms with Crippen LogP contribution < -0.4 is 19.7 Å². The molecule has 32 heavy (non-hydrogen) atoms. The van der Waals surface area contributed by atoms with E-state index in [0.29, 0.717) is 41.5 Å². The topological polar surface area (TPSA) is 88.2 Å². The molecule has 0 spiro atoms. The average Bonchev–Trinajstić information content (AvgIpc) is 3.32. The smallest absolute Gasteiger partial charge is 0.271 e. The molecular weight excluding hydrogens is 410 g/mol. The summed E-state index contributed by atoms with van der Waals surface area (Å²) in [6.45, 7) is 4.67. The van der Waals surface area contributed by atoms with Gasteiger partial charge in [0, 0.05) is 18.7 Å². The van der Waals surface area contributed by atoms with E-state index < -0.39 is 5.60 Å². The molecule has 0 aromatic heterocycles. The van der Waals surface area contributed by atoms with Crippen LogP contribution in [0.2, 0.25) is 0 Å². The number of hydrogen-bond acceptors (Lipinski definition) is 5. The Hall–Kier alpha value is -3.55. The van der Waals surface area contributed by atoms with Gasteiger partial charge in [-0.15, -0.1) is 0 Å². The molecule has 2 aliphatic rings. The van der Waals surface area contributed by atoms with Gasteiger partial charge in [0.2, 0.25) is 5.91 Å². The van der Waals surface area contributed by atoms with Gasteiger partial charge < -0.3 is 19.7 Å². The molecule has 8 nitrogen and oxygen atoms in total. The van der Waals surface area contributed by atoms with Crippen molar-refractivity contribution in [2.24, 2.45) is 0 Å². The molecule has 2 aliphatic heterocycles. The van der Waals surface area contributed by atoms with E-state index in [-0.39, 0.29) is 24.3 Å². The number of fused-ring (bicyclic) bond motifs is 1. The molecule has 4 rings (SSSR count). The highest BCUT2D eigenvalue weighted by atomic mass is 16.5. The summed E-state index contributed by atoms with van der Waals surface area (Å²) in [6, 6.07) is 12.0. The number of hydrogen-bond donors (Lipinski definition) is 1. The zero-order valence-corrected chi connectivity index (χ0v) is 18.5. The van der Waals surface area contributed by atoms with Crippen molar-refractivity contribution in [3.63, 3.8) is 0 Å². The molecule has 1 saturated heterocycles. The van der Waals surface area contributed by atoms with Gasteiger partial charge in [0.15, 0.2) is 5.60 Å². The summed E-state index contributed by atoms with van der Waals surface area (Å²) in [4.78, 5) is 42.1. The van der Waals surface area contributed by atoms with Gasteiger partial charge in [0.05, 0.1) is 18.5 Å².